The molecule has 0 aliphatic heterocycles. The molecule has 1 amide bonds. The van der Waals surface area contributed by atoms with Gasteiger partial charge in [0.05, 0.1) is 25.4 Å². The van der Waals surface area contributed by atoms with E-state index in [0.717, 1.165) is 51.4 Å². The van der Waals surface area contributed by atoms with Gasteiger partial charge in [-0.15, -0.1) is 0 Å². The molecular formula is C72H135NO5. The number of esters is 1. The number of aliphatic hydroxyl groups excluding tert-OH is 2. The lowest BCUT2D eigenvalue weighted by atomic mass is 10.0. The van der Waals surface area contributed by atoms with Gasteiger partial charge in [-0.3, -0.25) is 9.59 Å². The molecule has 6 nitrogen and oxygen atoms in total. The molecule has 2 atom stereocenters. The number of carbonyl (C=O) groups excluding carboxylic acids is 2. The molecule has 3 N–H and O–H groups in total. The fraction of sp³-hybridized carbons (Fsp3) is 0.861. The van der Waals surface area contributed by atoms with E-state index in [4.69, 9.17) is 4.74 Å². The molecule has 78 heavy (non-hydrogen) atoms. The summed E-state index contributed by atoms with van der Waals surface area (Å²) in [4.78, 5) is 24.5. The highest BCUT2D eigenvalue weighted by atomic mass is 16.5. The Labute approximate surface area is 486 Å². The zero-order valence-electron chi connectivity index (χ0n) is 52.4. The van der Waals surface area contributed by atoms with Crippen LogP contribution in [-0.2, 0) is 14.3 Å². The van der Waals surface area contributed by atoms with E-state index in [2.05, 4.69) is 55.6 Å². The molecule has 0 saturated heterocycles. The molecule has 0 aromatic carbocycles. The average molecular weight is 1090 g/mol. The van der Waals surface area contributed by atoms with Crippen LogP contribution in [0.4, 0.5) is 0 Å². The number of aliphatic hydroxyl groups is 2. The Bertz CT molecular complexity index is 1310. The van der Waals surface area contributed by atoms with Crippen LogP contribution in [0.3, 0.4) is 0 Å². The number of hydrogen-bond acceptors (Lipinski definition) is 5. The molecule has 0 rings (SSSR count). The minimum Gasteiger partial charge on any atom is -0.466 e. The molecule has 0 bridgehead atoms. The van der Waals surface area contributed by atoms with E-state index in [0.29, 0.717) is 19.4 Å². The second-order valence-corrected chi connectivity index (χ2v) is 23.9. The Morgan fingerprint density at radius 3 is 1.01 bits per heavy atom. The van der Waals surface area contributed by atoms with E-state index < -0.39 is 12.1 Å². The van der Waals surface area contributed by atoms with Gasteiger partial charge in [-0.1, -0.05) is 319 Å². The largest absolute Gasteiger partial charge is 0.466 e. The van der Waals surface area contributed by atoms with Crippen molar-refractivity contribution >= 4 is 11.9 Å². The van der Waals surface area contributed by atoms with Gasteiger partial charge in [0.15, 0.2) is 0 Å². The minimum absolute atomic E-state index is 0.000000193. The van der Waals surface area contributed by atoms with Gasteiger partial charge < -0.3 is 20.3 Å². The van der Waals surface area contributed by atoms with Crippen molar-refractivity contribution in [3.05, 3.63) is 48.6 Å². The molecule has 0 radical (unpaired) electrons. The van der Waals surface area contributed by atoms with Crippen LogP contribution in [0.5, 0.6) is 0 Å². The highest BCUT2D eigenvalue weighted by Crippen LogP contribution is 2.18. The zero-order valence-corrected chi connectivity index (χ0v) is 52.4. The van der Waals surface area contributed by atoms with Crippen molar-refractivity contribution < 1.29 is 24.5 Å². The summed E-state index contributed by atoms with van der Waals surface area (Å²) in [6.07, 6.45) is 87.7. The topological polar surface area (TPSA) is 95.9 Å². The maximum absolute atomic E-state index is 12.5. The normalized spacial score (nSPS) is 12.8. The van der Waals surface area contributed by atoms with Crippen LogP contribution in [0.1, 0.15) is 373 Å². The Kier molecular flexibility index (Phi) is 65.4. The predicted molar refractivity (Wildman–Crippen MR) is 342 cm³/mol. The van der Waals surface area contributed by atoms with Crippen LogP contribution >= 0.6 is 0 Å². The van der Waals surface area contributed by atoms with Gasteiger partial charge in [-0.2, -0.15) is 0 Å². The number of unbranched alkanes of at least 4 members (excludes halogenated alkanes) is 48. The Balaban J connectivity index is 3.35. The highest BCUT2D eigenvalue weighted by molar-refractivity contribution is 5.76. The smallest absolute Gasteiger partial charge is 0.305 e. The molecule has 0 aromatic heterocycles. The van der Waals surface area contributed by atoms with Crippen molar-refractivity contribution in [1.29, 1.82) is 0 Å². The molecule has 458 valence electrons. The van der Waals surface area contributed by atoms with Gasteiger partial charge in [0.25, 0.3) is 0 Å². The second-order valence-electron chi connectivity index (χ2n) is 23.9. The second kappa shape index (κ2) is 67.3. The molecule has 0 aromatic rings. The fourth-order valence-electron chi connectivity index (χ4n) is 10.7. The van der Waals surface area contributed by atoms with E-state index in [9.17, 15) is 19.8 Å². The van der Waals surface area contributed by atoms with Crippen molar-refractivity contribution in [3.63, 3.8) is 0 Å². The molecule has 0 heterocycles. The van der Waals surface area contributed by atoms with Crippen LogP contribution in [-0.4, -0.2) is 47.4 Å². The van der Waals surface area contributed by atoms with Crippen LogP contribution in [0.15, 0.2) is 48.6 Å². The lowest BCUT2D eigenvalue weighted by Gasteiger charge is -2.20. The van der Waals surface area contributed by atoms with Gasteiger partial charge in [0.1, 0.15) is 0 Å². The third-order valence-corrected chi connectivity index (χ3v) is 16.1. The predicted octanol–water partition coefficient (Wildman–Crippen LogP) is 22.5. The molecule has 0 aliphatic carbocycles. The monoisotopic (exact) mass is 1090 g/mol. The third kappa shape index (κ3) is 63.0. The summed E-state index contributed by atoms with van der Waals surface area (Å²) in [5.74, 6) is -0.0633. The first kappa shape index (κ1) is 75.8. The molecule has 0 saturated carbocycles. The van der Waals surface area contributed by atoms with Gasteiger partial charge >= 0.3 is 5.97 Å². The quantitative estimate of drug-likeness (QED) is 0.0320. The van der Waals surface area contributed by atoms with Gasteiger partial charge in [-0.05, 0) is 89.9 Å². The van der Waals surface area contributed by atoms with E-state index in [1.54, 1.807) is 6.08 Å². The first-order valence-electron chi connectivity index (χ1n) is 34.9. The molecule has 6 heteroatoms. The summed E-state index contributed by atoms with van der Waals surface area (Å²) in [6.45, 7) is 4.88. The van der Waals surface area contributed by atoms with Crippen molar-refractivity contribution in [2.24, 2.45) is 0 Å². The third-order valence-electron chi connectivity index (χ3n) is 16.1. The van der Waals surface area contributed by atoms with Crippen molar-refractivity contribution in [2.75, 3.05) is 13.2 Å². The van der Waals surface area contributed by atoms with Crippen LogP contribution in [0.25, 0.3) is 0 Å². The summed E-state index contributed by atoms with van der Waals surface area (Å²) in [6, 6.07) is -0.624. The summed E-state index contributed by atoms with van der Waals surface area (Å²) in [7, 11) is 0. The standard InChI is InChI=1S/C72H135NO5/c1-3-5-7-9-11-13-15-17-37-42-46-50-54-58-62-66-72(77)78-67-63-59-55-51-47-43-39-36-34-32-30-28-26-24-22-20-18-19-21-23-25-27-29-31-33-35-38-41-45-49-53-57-61-65-71(76)73-69(68-74)70(75)64-60-56-52-48-44-40-16-14-12-10-8-6-4-2/h11,13,17,34,36-37,60,64,69-70,74-75H,3-10,12,14-16,18-33,35,38-59,61-63,65-68H2,1-2H3,(H,73,76)/b13-11-,36-34-,37-17-,64-60+/t69-,70+/m0/s1. The lowest BCUT2D eigenvalue weighted by Crippen LogP contribution is -2.45. The molecule has 0 unspecified atom stereocenters. The summed E-state index contributed by atoms with van der Waals surface area (Å²) in [5.41, 5.74) is 0. The Morgan fingerprint density at radius 1 is 0.359 bits per heavy atom. The fourth-order valence-corrected chi connectivity index (χ4v) is 10.7. The van der Waals surface area contributed by atoms with E-state index >= 15 is 0 Å². The van der Waals surface area contributed by atoms with Gasteiger partial charge in [-0.25, -0.2) is 0 Å². The molecular weight excluding hydrogens is 959 g/mol. The van der Waals surface area contributed by atoms with E-state index in [1.165, 1.54) is 295 Å². The van der Waals surface area contributed by atoms with Gasteiger partial charge in [0.2, 0.25) is 5.91 Å². The number of amides is 1. The number of allylic oxidation sites excluding steroid dienone is 7. The summed E-state index contributed by atoms with van der Waals surface area (Å²) in [5, 5.41) is 23.1. The van der Waals surface area contributed by atoms with Crippen molar-refractivity contribution in [2.45, 2.75) is 386 Å². The zero-order chi connectivity index (χ0) is 56.4. The number of nitrogens with one attached hydrogen (secondary N) is 1. The Morgan fingerprint density at radius 2 is 0.641 bits per heavy atom. The minimum atomic E-state index is -0.841. The first-order chi connectivity index (χ1) is 38.5. The SMILES string of the molecule is CCCCC/C=C\C/C=C\CCCCCCCC(=O)OCCCCCCCC/C=C\CCCCCCCCCCCCCCCCCCCCCCCCCC(=O)N[C@@H](CO)[C@H](O)/C=C/CCCCCCCCCCCCC. The van der Waals surface area contributed by atoms with Crippen LogP contribution in [0.2, 0.25) is 0 Å². The maximum atomic E-state index is 12.5. The Hall–Kier alpha value is -2.18. The van der Waals surface area contributed by atoms with Crippen molar-refractivity contribution in [3.8, 4) is 0 Å². The number of rotatable bonds is 65. The summed E-state index contributed by atoms with van der Waals surface area (Å²) < 4.78 is 5.48. The number of ether oxygens (including phenoxy) is 1. The van der Waals surface area contributed by atoms with E-state index in [-0.39, 0.29) is 18.5 Å². The van der Waals surface area contributed by atoms with Gasteiger partial charge in [0, 0.05) is 12.8 Å². The first-order valence-corrected chi connectivity index (χ1v) is 34.9. The molecule has 0 spiro atoms. The average Bonchev–Trinajstić information content (AvgIpc) is 3.44. The van der Waals surface area contributed by atoms with Crippen LogP contribution in [0, 0.1) is 0 Å². The van der Waals surface area contributed by atoms with Crippen LogP contribution < -0.4 is 5.32 Å². The highest BCUT2D eigenvalue weighted by Gasteiger charge is 2.18. The van der Waals surface area contributed by atoms with E-state index in [1.807, 2.05) is 6.08 Å². The lowest BCUT2D eigenvalue weighted by molar-refractivity contribution is -0.143. The molecule has 0 fully saturated rings. The number of hydrogen-bond donors (Lipinski definition) is 3. The maximum Gasteiger partial charge on any atom is 0.305 e. The summed E-state index contributed by atoms with van der Waals surface area (Å²) >= 11 is 0. The molecule has 0 aliphatic rings. The number of carbonyl (C=O) groups is 2. The van der Waals surface area contributed by atoms with Crippen molar-refractivity contribution in [1.82, 2.24) is 5.32 Å².